The van der Waals surface area contributed by atoms with Crippen LogP contribution in [0, 0.1) is 5.41 Å². The Hall–Kier alpha value is -1.59. The molecule has 0 saturated carbocycles. The number of hydrazone groups is 1. The molecule has 0 radical (unpaired) electrons. The van der Waals surface area contributed by atoms with Gasteiger partial charge in [0.05, 0.1) is 6.42 Å². The van der Waals surface area contributed by atoms with Gasteiger partial charge in [-0.15, -0.1) is 0 Å². The van der Waals surface area contributed by atoms with Gasteiger partial charge in [0.15, 0.2) is 0 Å². The van der Waals surface area contributed by atoms with Gasteiger partial charge in [-0.2, -0.15) is 5.10 Å². The van der Waals surface area contributed by atoms with Crippen LogP contribution in [0.15, 0.2) is 5.10 Å². The predicted molar refractivity (Wildman–Crippen MR) is 51.9 cm³/mol. The Bertz CT molecular complexity index is 271. The summed E-state index contributed by atoms with van der Waals surface area (Å²) in [7, 11) is 0. The van der Waals surface area contributed by atoms with Crippen molar-refractivity contribution in [3.63, 3.8) is 0 Å². The first kappa shape index (κ1) is 12.4. The number of rotatable bonds is 4. The maximum absolute atomic E-state index is 10.5. The second-order valence-electron chi connectivity index (χ2n) is 3.63. The van der Waals surface area contributed by atoms with E-state index in [9.17, 15) is 9.59 Å². The molecule has 0 saturated heterocycles. The van der Waals surface area contributed by atoms with Crippen LogP contribution in [0.3, 0.4) is 0 Å². The van der Waals surface area contributed by atoms with Crippen molar-refractivity contribution in [3.8, 4) is 0 Å². The number of hydrogen-bond acceptors (Lipinski definition) is 3. The summed E-state index contributed by atoms with van der Waals surface area (Å²) >= 11 is 0. The van der Waals surface area contributed by atoms with E-state index in [0.717, 1.165) is 0 Å². The minimum absolute atomic E-state index is 0.0528. The number of primary amides is 1. The quantitative estimate of drug-likeness (QED) is 0.456. The summed E-state index contributed by atoms with van der Waals surface area (Å²) < 4.78 is 0. The summed E-state index contributed by atoms with van der Waals surface area (Å²) in [6.45, 7) is 5.09. The lowest BCUT2D eigenvalue weighted by Crippen LogP contribution is -2.31. The molecule has 0 aromatic rings. The van der Waals surface area contributed by atoms with Crippen molar-refractivity contribution in [2.45, 2.75) is 27.2 Å². The van der Waals surface area contributed by atoms with Gasteiger partial charge < -0.3 is 10.8 Å². The van der Waals surface area contributed by atoms with E-state index in [-0.39, 0.29) is 6.42 Å². The summed E-state index contributed by atoms with van der Waals surface area (Å²) in [5.41, 5.74) is 6.78. The van der Waals surface area contributed by atoms with Crippen LogP contribution in [0.5, 0.6) is 0 Å². The lowest BCUT2D eigenvalue weighted by atomic mass is 9.85. The fraction of sp³-hybridized carbons (Fsp3) is 0.625. The van der Waals surface area contributed by atoms with Crippen LogP contribution in [0.4, 0.5) is 4.79 Å². The van der Waals surface area contributed by atoms with Crippen molar-refractivity contribution in [2.75, 3.05) is 0 Å². The van der Waals surface area contributed by atoms with Crippen LogP contribution in [0.2, 0.25) is 0 Å². The number of carbonyl (C=O) groups is 2. The number of aliphatic carboxylic acids is 1. The molecule has 0 aliphatic heterocycles. The van der Waals surface area contributed by atoms with E-state index in [2.05, 4.69) is 10.5 Å². The molecule has 0 aliphatic carbocycles. The molecule has 0 aliphatic rings. The third-order valence-electron chi connectivity index (χ3n) is 1.91. The van der Waals surface area contributed by atoms with Crippen molar-refractivity contribution in [1.29, 1.82) is 0 Å². The van der Waals surface area contributed by atoms with E-state index in [1.807, 2.05) is 0 Å². The molecule has 0 heterocycles. The van der Waals surface area contributed by atoms with Gasteiger partial charge in [0.2, 0.25) is 0 Å². The van der Waals surface area contributed by atoms with E-state index in [4.69, 9.17) is 10.8 Å². The van der Waals surface area contributed by atoms with Crippen molar-refractivity contribution in [2.24, 2.45) is 16.3 Å². The highest BCUT2D eigenvalue weighted by Gasteiger charge is 2.25. The molecule has 0 atom stereocenters. The number of amides is 2. The SMILES string of the molecule is CC(=NNC(N)=O)C(C)(C)CC(=O)O. The van der Waals surface area contributed by atoms with Crippen molar-refractivity contribution in [3.05, 3.63) is 0 Å². The number of hydrogen-bond donors (Lipinski definition) is 3. The highest BCUT2D eigenvalue weighted by Crippen LogP contribution is 2.22. The number of carbonyl (C=O) groups excluding carboxylic acids is 1. The Balaban J connectivity index is 4.47. The first-order valence-corrected chi connectivity index (χ1v) is 4.07. The molecule has 0 bridgehead atoms. The Morgan fingerprint density at radius 2 is 2.00 bits per heavy atom. The molecule has 4 N–H and O–H groups in total. The number of nitrogens with one attached hydrogen (secondary N) is 1. The molecule has 0 aromatic carbocycles. The van der Waals surface area contributed by atoms with Crippen LogP contribution in [0.25, 0.3) is 0 Å². The minimum atomic E-state index is -0.913. The molecule has 6 nitrogen and oxygen atoms in total. The highest BCUT2D eigenvalue weighted by atomic mass is 16.4. The van der Waals surface area contributed by atoms with Gasteiger partial charge in [-0.25, -0.2) is 10.2 Å². The average molecular weight is 201 g/mol. The Morgan fingerprint density at radius 3 is 2.36 bits per heavy atom. The van der Waals surface area contributed by atoms with Crippen molar-refractivity contribution >= 4 is 17.7 Å². The van der Waals surface area contributed by atoms with Gasteiger partial charge in [0.1, 0.15) is 0 Å². The maximum Gasteiger partial charge on any atom is 0.332 e. The standard InChI is InChI=1S/C8H15N3O3/c1-5(10-11-7(9)14)8(2,3)4-6(12)13/h4H2,1-3H3,(H,12,13)(H3,9,11,14). The van der Waals surface area contributed by atoms with Crippen LogP contribution < -0.4 is 11.2 Å². The zero-order valence-corrected chi connectivity index (χ0v) is 8.50. The first-order chi connectivity index (χ1) is 6.25. The highest BCUT2D eigenvalue weighted by molar-refractivity contribution is 5.91. The van der Waals surface area contributed by atoms with Crippen LogP contribution in [0.1, 0.15) is 27.2 Å². The molecular formula is C8H15N3O3. The molecule has 0 spiro atoms. The molecule has 6 heteroatoms. The fourth-order valence-corrected chi connectivity index (χ4v) is 0.796. The Kier molecular flexibility index (Phi) is 4.07. The summed E-state index contributed by atoms with van der Waals surface area (Å²) in [5, 5.41) is 12.3. The maximum atomic E-state index is 10.5. The first-order valence-electron chi connectivity index (χ1n) is 4.07. The monoisotopic (exact) mass is 201 g/mol. The molecule has 14 heavy (non-hydrogen) atoms. The third-order valence-corrected chi connectivity index (χ3v) is 1.91. The Labute approximate surface area is 82.2 Å². The lowest BCUT2D eigenvalue weighted by molar-refractivity contribution is -0.138. The summed E-state index contributed by atoms with van der Waals surface area (Å²) in [6, 6.07) is -0.768. The lowest BCUT2D eigenvalue weighted by Gasteiger charge is -2.21. The molecule has 80 valence electrons. The van der Waals surface area contributed by atoms with E-state index >= 15 is 0 Å². The second-order valence-corrected chi connectivity index (χ2v) is 3.63. The summed E-state index contributed by atoms with van der Waals surface area (Å²) in [6.07, 6.45) is -0.0528. The topological polar surface area (TPSA) is 105 Å². The van der Waals surface area contributed by atoms with Gasteiger partial charge in [0, 0.05) is 11.1 Å². The van der Waals surface area contributed by atoms with E-state index in [0.29, 0.717) is 5.71 Å². The van der Waals surface area contributed by atoms with Gasteiger partial charge in [0.25, 0.3) is 0 Å². The number of nitrogens with zero attached hydrogens (tertiary/aromatic N) is 1. The van der Waals surface area contributed by atoms with Gasteiger partial charge in [-0.1, -0.05) is 13.8 Å². The number of carboxylic acids is 1. The number of carboxylic acid groups (broad SMARTS) is 1. The molecule has 2 amide bonds. The second kappa shape index (κ2) is 4.59. The molecular weight excluding hydrogens is 186 g/mol. The summed E-state index contributed by atoms with van der Waals surface area (Å²) in [4.78, 5) is 20.8. The number of nitrogens with two attached hydrogens (primary N) is 1. The molecule has 0 unspecified atom stereocenters. The van der Waals surface area contributed by atoms with Crippen LogP contribution >= 0.6 is 0 Å². The van der Waals surface area contributed by atoms with E-state index in [1.165, 1.54) is 0 Å². The van der Waals surface area contributed by atoms with Gasteiger partial charge in [-0.05, 0) is 6.92 Å². The minimum Gasteiger partial charge on any atom is -0.481 e. The van der Waals surface area contributed by atoms with E-state index < -0.39 is 17.4 Å². The average Bonchev–Trinajstić information content (AvgIpc) is 1.97. The zero-order valence-electron chi connectivity index (χ0n) is 8.50. The van der Waals surface area contributed by atoms with Crippen molar-refractivity contribution < 1.29 is 14.7 Å². The fourth-order valence-electron chi connectivity index (χ4n) is 0.796. The summed E-state index contributed by atoms with van der Waals surface area (Å²) in [5.74, 6) is -0.913. The largest absolute Gasteiger partial charge is 0.481 e. The Morgan fingerprint density at radius 1 is 1.50 bits per heavy atom. The van der Waals surface area contributed by atoms with Crippen LogP contribution in [-0.2, 0) is 4.79 Å². The predicted octanol–water partition coefficient (Wildman–Crippen LogP) is 0.531. The normalized spacial score (nSPS) is 12.4. The smallest absolute Gasteiger partial charge is 0.332 e. The molecule has 0 fully saturated rings. The zero-order chi connectivity index (χ0) is 11.4. The third kappa shape index (κ3) is 4.44. The van der Waals surface area contributed by atoms with Gasteiger partial charge >= 0.3 is 12.0 Å². The van der Waals surface area contributed by atoms with E-state index in [1.54, 1.807) is 20.8 Å². The molecule has 0 aromatic heterocycles. The molecule has 0 rings (SSSR count). The number of urea groups is 1. The van der Waals surface area contributed by atoms with Gasteiger partial charge in [-0.3, -0.25) is 4.79 Å². The van der Waals surface area contributed by atoms with Crippen LogP contribution in [-0.4, -0.2) is 22.8 Å². The van der Waals surface area contributed by atoms with Crippen molar-refractivity contribution in [1.82, 2.24) is 5.43 Å².